The molecule has 0 fully saturated rings. The summed E-state index contributed by atoms with van der Waals surface area (Å²) in [4.78, 5) is 16.5. The first kappa shape index (κ1) is 14.0. The molecule has 0 aliphatic carbocycles. The fourth-order valence-electron chi connectivity index (χ4n) is 2.36. The summed E-state index contributed by atoms with van der Waals surface area (Å²) >= 11 is 4.91. The molecule has 21 heavy (non-hydrogen) atoms. The molecule has 3 N–H and O–H groups in total. The van der Waals surface area contributed by atoms with Crippen LogP contribution in [0.25, 0.3) is 21.3 Å². The van der Waals surface area contributed by atoms with Crippen LogP contribution in [-0.2, 0) is 0 Å². The quantitative estimate of drug-likeness (QED) is 0.711. The van der Waals surface area contributed by atoms with Gasteiger partial charge in [-0.3, -0.25) is 0 Å². The van der Waals surface area contributed by atoms with Crippen molar-refractivity contribution in [3.05, 3.63) is 45.4 Å². The lowest BCUT2D eigenvalue weighted by molar-refractivity contribution is 0.0697. The minimum absolute atomic E-state index is 0.0807. The highest BCUT2D eigenvalue weighted by Crippen LogP contribution is 2.39. The summed E-state index contributed by atoms with van der Waals surface area (Å²) < 4.78 is 0.955. The molecule has 6 heteroatoms. The van der Waals surface area contributed by atoms with E-state index in [1.165, 1.54) is 11.3 Å². The lowest BCUT2D eigenvalue weighted by Gasteiger charge is -2.08. The van der Waals surface area contributed by atoms with E-state index in [1.807, 2.05) is 29.6 Å². The SMILES string of the molecule is Cc1nc2scc(-c3cccc(Br)c3)c2c(N)c1C(=O)O. The predicted molar refractivity (Wildman–Crippen MR) is 88.9 cm³/mol. The molecule has 2 heterocycles. The summed E-state index contributed by atoms with van der Waals surface area (Å²) in [5, 5.41) is 12.0. The van der Waals surface area contributed by atoms with Gasteiger partial charge in [0.05, 0.1) is 11.4 Å². The minimum Gasteiger partial charge on any atom is -0.478 e. The Hall–Kier alpha value is -1.92. The summed E-state index contributed by atoms with van der Waals surface area (Å²) in [5.74, 6) is -1.05. The third kappa shape index (κ3) is 2.30. The van der Waals surface area contributed by atoms with Crippen LogP contribution in [0.5, 0.6) is 0 Å². The number of nitrogens with two attached hydrogens (primary N) is 1. The Morgan fingerprint density at radius 3 is 2.86 bits per heavy atom. The fraction of sp³-hybridized carbons (Fsp3) is 0.0667. The maximum absolute atomic E-state index is 11.4. The number of aromatic nitrogens is 1. The van der Waals surface area contributed by atoms with Gasteiger partial charge >= 0.3 is 5.97 Å². The first-order valence-electron chi connectivity index (χ1n) is 6.15. The average Bonchev–Trinajstić information content (AvgIpc) is 2.82. The van der Waals surface area contributed by atoms with Crippen molar-refractivity contribution in [1.29, 1.82) is 0 Å². The molecule has 0 saturated heterocycles. The molecule has 1 aromatic carbocycles. The van der Waals surface area contributed by atoms with Crippen molar-refractivity contribution in [3.63, 3.8) is 0 Å². The first-order chi connectivity index (χ1) is 9.99. The van der Waals surface area contributed by atoms with Crippen molar-refractivity contribution in [2.45, 2.75) is 6.92 Å². The van der Waals surface area contributed by atoms with Crippen molar-refractivity contribution in [1.82, 2.24) is 4.98 Å². The van der Waals surface area contributed by atoms with Crippen molar-refractivity contribution in [2.75, 3.05) is 5.73 Å². The lowest BCUT2D eigenvalue weighted by Crippen LogP contribution is -2.07. The molecule has 0 amide bonds. The predicted octanol–water partition coefficient (Wildman–Crippen LogP) is 4.31. The van der Waals surface area contributed by atoms with E-state index < -0.39 is 5.97 Å². The molecule has 0 aliphatic heterocycles. The van der Waals surface area contributed by atoms with Crippen molar-refractivity contribution in [3.8, 4) is 11.1 Å². The number of pyridine rings is 1. The van der Waals surface area contributed by atoms with Crippen LogP contribution in [-0.4, -0.2) is 16.1 Å². The second-order valence-corrected chi connectivity index (χ2v) is 6.40. The number of hydrogen-bond donors (Lipinski definition) is 2. The Morgan fingerprint density at radius 2 is 2.19 bits per heavy atom. The highest BCUT2D eigenvalue weighted by atomic mass is 79.9. The summed E-state index contributed by atoms with van der Waals surface area (Å²) in [7, 11) is 0. The Bertz CT molecular complexity index is 873. The molecule has 0 radical (unpaired) electrons. The van der Waals surface area contributed by atoms with Gasteiger partial charge in [0, 0.05) is 20.8 Å². The van der Waals surface area contributed by atoms with E-state index in [1.54, 1.807) is 6.92 Å². The third-order valence-corrected chi connectivity index (χ3v) is 4.66. The van der Waals surface area contributed by atoms with Gasteiger partial charge in [0.25, 0.3) is 0 Å². The highest BCUT2D eigenvalue weighted by molar-refractivity contribution is 9.10. The largest absolute Gasteiger partial charge is 0.478 e. The molecule has 0 bridgehead atoms. The van der Waals surface area contributed by atoms with Crippen LogP contribution in [0.15, 0.2) is 34.1 Å². The molecule has 3 rings (SSSR count). The molecule has 0 aliphatic rings. The molecular formula is C15H11BrN2O2S. The van der Waals surface area contributed by atoms with E-state index in [0.29, 0.717) is 11.1 Å². The van der Waals surface area contributed by atoms with Crippen molar-refractivity contribution in [2.24, 2.45) is 0 Å². The average molecular weight is 363 g/mol. The molecular weight excluding hydrogens is 352 g/mol. The molecule has 4 nitrogen and oxygen atoms in total. The summed E-state index contributed by atoms with van der Waals surface area (Å²) in [5.41, 5.74) is 8.80. The summed E-state index contributed by atoms with van der Waals surface area (Å²) in [6.07, 6.45) is 0. The van der Waals surface area contributed by atoms with Gasteiger partial charge in [-0.25, -0.2) is 9.78 Å². The number of benzene rings is 1. The third-order valence-electron chi connectivity index (χ3n) is 3.29. The van der Waals surface area contributed by atoms with Crippen molar-refractivity contribution >= 4 is 49.1 Å². The van der Waals surface area contributed by atoms with Crippen molar-refractivity contribution < 1.29 is 9.90 Å². The fourth-order valence-corrected chi connectivity index (χ4v) is 3.77. The van der Waals surface area contributed by atoms with Crippen LogP contribution in [0, 0.1) is 6.92 Å². The van der Waals surface area contributed by atoms with Gasteiger partial charge in [-0.1, -0.05) is 28.1 Å². The van der Waals surface area contributed by atoms with Gasteiger partial charge in [-0.05, 0) is 24.6 Å². The number of nitrogens with zero attached hydrogens (tertiary/aromatic N) is 1. The van der Waals surface area contributed by atoms with Crippen LogP contribution in [0.3, 0.4) is 0 Å². The van der Waals surface area contributed by atoms with Crippen LogP contribution < -0.4 is 5.73 Å². The summed E-state index contributed by atoms with van der Waals surface area (Å²) in [6.45, 7) is 1.66. The van der Waals surface area contributed by atoms with Gasteiger partial charge in [0.2, 0.25) is 0 Å². The maximum atomic E-state index is 11.4. The zero-order chi connectivity index (χ0) is 15.1. The Kier molecular flexibility index (Phi) is 3.43. The zero-order valence-corrected chi connectivity index (χ0v) is 13.5. The van der Waals surface area contributed by atoms with E-state index in [0.717, 1.165) is 20.4 Å². The van der Waals surface area contributed by atoms with E-state index in [4.69, 9.17) is 5.73 Å². The number of carbonyl (C=O) groups is 1. The van der Waals surface area contributed by atoms with Crippen LogP contribution in [0.1, 0.15) is 16.1 Å². The number of anilines is 1. The topological polar surface area (TPSA) is 76.2 Å². The number of carboxylic acids is 1. The number of carboxylic acid groups (broad SMARTS) is 1. The van der Waals surface area contributed by atoms with Gasteiger partial charge in [-0.2, -0.15) is 0 Å². The smallest absolute Gasteiger partial charge is 0.339 e. The molecule has 0 atom stereocenters. The number of nitrogen functional groups attached to an aromatic ring is 1. The van der Waals surface area contributed by atoms with Crippen LogP contribution in [0.4, 0.5) is 5.69 Å². The monoisotopic (exact) mass is 362 g/mol. The van der Waals surface area contributed by atoms with Gasteiger partial charge < -0.3 is 10.8 Å². The van der Waals surface area contributed by atoms with Gasteiger partial charge in [-0.15, -0.1) is 11.3 Å². The Labute approximate surface area is 133 Å². The number of aromatic carboxylic acids is 1. The highest BCUT2D eigenvalue weighted by Gasteiger charge is 2.20. The molecule has 2 aromatic heterocycles. The minimum atomic E-state index is -1.05. The van der Waals surface area contributed by atoms with E-state index in [2.05, 4.69) is 20.9 Å². The maximum Gasteiger partial charge on any atom is 0.339 e. The number of rotatable bonds is 2. The first-order valence-corrected chi connectivity index (χ1v) is 7.83. The van der Waals surface area contributed by atoms with Gasteiger partial charge in [0.1, 0.15) is 10.4 Å². The molecule has 0 spiro atoms. The zero-order valence-electron chi connectivity index (χ0n) is 11.1. The van der Waals surface area contributed by atoms with E-state index in [9.17, 15) is 9.90 Å². The van der Waals surface area contributed by atoms with Crippen LogP contribution in [0.2, 0.25) is 0 Å². The molecule has 106 valence electrons. The lowest BCUT2D eigenvalue weighted by atomic mass is 10.0. The molecule has 3 aromatic rings. The normalized spacial score (nSPS) is 11.0. The number of aryl methyl sites for hydroxylation is 1. The second-order valence-electron chi connectivity index (χ2n) is 4.63. The second kappa shape index (κ2) is 5.13. The molecule has 0 unspecified atom stereocenters. The van der Waals surface area contributed by atoms with Crippen LogP contribution >= 0.6 is 27.3 Å². The van der Waals surface area contributed by atoms with E-state index >= 15 is 0 Å². The van der Waals surface area contributed by atoms with E-state index in [-0.39, 0.29) is 11.3 Å². The number of hydrogen-bond acceptors (Lipinski definition) is 4. The van der Waals surface area contributed by atoms with Gasteiger partial charge in [0.15, 0.2) is 0 Å². The number of halogens is 1. The number of thiophene rings is 1. The Morgan fingerprint density at radius 1 is 1.43 bits per heavy atom. The number of fused-ring (bicyclic) bond motifs is 1. The summed E-state index contributed by atoms with van der Waals surface area (Å²) in [6, 6.07) is 7.80. The molecule has 0 saturated carbocycles. The Balaban J connectivity index is 2.36. The standard InChI is InChI=1S/C15H11BrN2O2S/c1-7-11(15(19)20)13(17)12-10(6-21-14(12)18-7)8-3-2-4-9(16)5-8/h2-6H,1H3,(H2,17,18)(H,19,20).